The van der Waals surface area contributed by atoms with Gasteiger partial charge < -0.3 is 20.5 Å². The summed E-state index contributed by atoms with van der Waals surface area (Å²) in [4.78, 5) is 16.1. The summed E-state index contributed by atoms with van der Waals surface area (Å²) in [5, 5.41) is 15.3. The Labute approximate surface area is 152 Å². The summed E-state index contributed by atoms with van der Waals surface area (Å²) in [5.41, 5.74) is 0.607. The number of amides is 1. The summed E-state index contributed by atoms with van der Waals surface area (Å²) >= 11 is 5.79. The number of unbranched alkanes of at least 4 members (excludes halogenated alkanes) is 2. The van der Waals surface area contributed by atoms with Crippen LogP contribution < -0.4 is 15.4 Å². The Kier molecular flexibility index (Phi) is 8.01. The molecule has 0 aliphatic rings. The number of aliphatic hydroxyl groups excluding tert-OH is 1. The van der Waals surface area contributed by atoms with E-state index < -0.39 is 0 Å². The van der Waals surface area contributed by atoms with Crippen LogP contribution in [0.4, 0.5) is 11.5 Å². The van der Waals surface area contributed by atoms with E-state index in [2.05, 4.69) is 15.6 Å². The molecule has 3 N–H and O–H groups in total. The molecule has 2 aromatic rings. The molecule has 0 fully saturated rings. The molecule has 0 saturated carbocycles. The topological polar surface area (TPSA) is 83.5 Å². The van der Waals surface area contributed by atoms with Crippen LogP contribution in [0.3, 0.4) is 0 Å². The fourth-order valence-corrected chi connectivity index (χ4v) is 2.21. The Bertz CT molecular complexity index is 648. The van der Waals surface area contributed by atoms with Gasteiger partial charge in [0.05, 0.1) is 11.9 Å². The molecule has 1 aromatic carbocycles. The molecule has 0 spiro atoms. The number of benzene rings is 1. The minimum Gasteiger partial charge on any atom is -0.484 e. The van der Waals surface area contributed by atoms with E-state index in [0.717, 1.165) is 31.6 Å². The van der Waals surface area contributed by atoms with Crippen LogP contribution in [0.25, 0.3) is 0 Å². The van der Waals surface area contributed by atoms with Gasteiger partial charge in [0.1, 0.15) is 11.6 Å². The molecule has 134 valence electrons. The number of aliphatic hydroxyl groups is 1. The number of carbonyl (C=O) groups is 1. The van der Waals surface area contributed by atoms with Gasteiger partial charge in [0.15, 0.2) is 6.61 Å². The first-order chi connectivity index (χ1) is 12.2. The van der Waals surface area contributed by atoms with Crippen LogP contribution >= 0.6 is 11.6 Å². The predicted octanol–water partition coefficient (Wildman–Crippen LogP) is 3.33. The lowest BCUT2D eigenvalue weighted by Crippen LogP contribution is -2.20. The number of hydrogen-bond donors (Lipinski definition) is 3. The van der Waals surface area contributed by atoms with Crippen LogP contribution in [-0.2, 0) is 4.79 Å². The minimum absolute atomic E-state index is 0.0908. The van der Waals surface area contributed by atoms with Gasteiger partial charge in [-0.3, -0.25) is 4.79 Å². The molecule has 0 unspecified atom stereocenters. The van der Waals surface area contributed by atoms with E-state index in [1.54, 1.807) is 36.5 Å². The number of anilines is 2. The van der Waals surface area contributed by atoms with Gasteiger partial charge >= 0.3 is 0 Å². The maximum Gasteiger partial charge on any atom is 0.262 e. The molecule has 6 nitrogen and oxygen atoms in total. The number of nitrogens with one attached hydrogen (secondary N) is 2. The maximum atomic E-state index is 11.9. The van der Waals surface area contributed by atoms with E-state index in [-0.39, 0.29) is 19.1 Å². The molecule has 1 heterocycles. The van der Waals surface area contributed by atoms with Crippen molar-refractivity contribution in [3.8, 4) is 5.75 Å². The molecular formula is C18H22ClN3O3. The van der Waals surface area contributed by atoms with Gasteiger partial charge in [-0.05, 0) is 55.7 Å². The van der Waals surface area contributed by atoms with Gasteiger partial charge in [-0.1, -0.05) is 11.6 Å². The second kappa shape index (κ2) is 10.5. The highest BCUT2D eigenvalue weighted by atomic mass is 35.5. The number of nitrogens with zero attached hydrogens (tertiary/aromatic N) is 1. The summed E-state index contributed by atoms with van der Waals surface area (Å²) in [7, 11) is 0. The van der Waals surface area contributed by atoms with Gasteiger partial charge in [-0.2, -0.15) is 0 Å². The van der Waals surface area contributed by atoms with Crippen molar-refractivity contribution in [2.75, 3.05) is 30.4 Å². The molecule has 0 saturated heterocycles. The van der Waals surface area contributed by atoms with E-state index in [1.165, 1.54) is 0 Å². The smallest absolute Gasteiger partial charge is 0.262 e. The lowest BCUT2D eigenvalue weighted by Gasteiger charge is -2.09. The molecule has 25 heavy (non-hydrogen) atoms. The average Bonchev–Trinajstić information content (AvgIpc) is 2.62. The molecule has 2 rings (SSSR count). The van der Waals surface area contributed by atoms with Crippen LogP contribution in [-0.4, -0.2) is 35.8 Å². The molecule has 0 bridgehead atoms. The fourth-order valence-electron chi connectivity index (χ4n) is 2.08. The van der Waals surface area contributed by atoms with Gasteiger partial charge in [0, 0.05) is 18.2 Å². The second-order valence-electron chi connectivity index (χ2n) is 5.43. The third kappa shape index (κ3) is 7.41. The van der Waals surface area contributed by atoms with Crippen LogP contribution in [0, 0.1) is 0 Å². The lowest BCUT2D eigenvalue weighted by molar-refractivity contribution is -0.118. The highest BCUT2D eigenvalue weighted by molar-refractivity contribution is 6.30. The number of rotatable bonds is 10. The first kappa shape index (κ1) is 19.0. The number of pyridine rings is 1. The Morgan fingerprint density at radius 3 is 2.60 bits per heavy atom. The van der Waals surface area contributed by atoms with Gasteiger partial charge in [-0.15, -0.1) is 0 Å². The van der Waals surface area contributed by atoms with Crippen LogP contribution in [0.2, 0.25) is 5.02 Å². The number of hydrogen-bond acceptors (Lipinski definition) is 5. The van der Waals surface area contributed by atoms with Crippen molar-refractivity contribution >= 4 is 29.0 Å². The Morgan fingerprint density at radius 2 is 1.92 bits per heavy atom. The van der Waals surface area contributed by atoms with Crippen molar-refractivity contribution in [3.05, 3.63) is 47.6 Å². The standard InChI is InChI=1S/C18H22ClN3O3/c19-14-4-7-16(8-5-14)25-13-18(24)22-15-6-9-17(21-12-15)20-10-2-1-3-11-23/h4-9,12,23H,1-3,10-11,13H2,(H,20,21)(H,22,24). The second-order valence-corrected chi connectivity index (χ2v) is 5.87. The van der Waals surface area contributed by atoms with Gasteiger partial charge in [-0.25, -0.2) is 4.98 Å². The number of aromatic nitrogens is 1. The summed E-state index contributed by atoms with van der Waals surface area (Å²) in [6, 6.07) is 10.4. The monoisotopic (exact) mass is 363 g/mol. The molecule has 0 aliphatic carbocycles. The molecule has 7 heteroatoms. The summed E-state index contributed by atoms with van der Waals surface area (Å²) in [5.74, 6) is 1.07. The summed E-state index contributed by atoms with van der Waals surface area (Å²) < 4.78 is 5.38. The molecule has 1 amide bonds. The Balaban J connectivity index is 1.70. The quantitative estimate of drug-likeness (QED) is 0.564. The molecule has 0 aliphatic heterocycles. The Hall–Kier alpha value is -2.31. The SMILES string of the molecule is O=C(COc1ccc(Cl)cc1)Nc1ccc(NCCCCCO)nc1. The van der Waals surface area contributed by atoms with Crippen molar-refractivity contribution < 1.29 is 14.6 Å². The maximum absolute atomic E-state index is 11.9. The van der Waals surface area contributed by atoms with Crippen molar-refractivity contribution in [2.24, 2.45) is 0 Å². The van der Waals surface area contributed by atoms with Crippen LogP contribution in [0.15, 0.2) is 42.6 Å². The highest BCUT2D eigenvalue weighted by Gasteiger charge is 2.04. The van der Waals surface area contributed by atoms with Crippen molar-refractivity contribution in [2.45, 2.75) is 19.3 Å². The van der Waals surface area contributed by atoms with Crippen molar-refractivity contribution in [1.82, 2.24) is 4.98 Å². The van der Waals surface area contributed by atoms with E-state index in [9.17, 15) is 4.79 Å². The first-order valence-corrected chi connectivity index (χ1v) is 8.54. The van der Waals surface area contributed by atoms with Gasteiger partial charge in [0.25, 0.3) is 5.91 Å². The normalized spacial score (nSPS) is 10.3. The van der Waals surface area contributed by atoms with Crippen molar-refractivity contribution in [3.63, 3.8) is 0 Å². The number of carbonyl (C=O) groups excluding carboxylic acids is 1. The third-order valence-electron chi connectivity index (χ3n) is 3.37. The average molecular weight is 364 g/mol. The first-order valence-electron chi connectivity index (χ1n) is 8.16. The number of halogens is 1. The van der Waals surface area contributed by atoms with Crippen LogP contribution in [0.5, 0.6) is 5.75 Å². The summed E-state index contributed by atoms with van der Waals surface area (Å²) in [6.07, 6.45) is 4.36. The zero-order valence-electron chi connectivity index (χ0n) is 13.9. The van der Waals surface area contributed by atoms with E-state index in [0.29, 0.717) is 16.5 Å². The predicted molar refractivity (Wildman–Crippen MR) is 99.2 cm³/mol. The van der Waals surface area contributed by atoms with E-state index in [4.69, 9.17) is 21.4 Å². The van der Waals surface area contributed by atoms with Gasteiger partial charge in [0.2, 0.25) is 0 Å². The molecule has 0 atom stereocenters. The van der Waals surface area contributed by atoms with Crippen LogP contribution in [0.1, 0.15) is 19.3 Å². The molecular weight excluding hydrogens is 342 g/mol. The van der Waals surface area contributed by atoms with Crippen molar-refractivity contribution in [1.29, 1.82) is 0 Å². The zero-order chi connectivity index (χ0) is 17.9. The number of ether oxygens (including phenoxy) is 1. The third-order valence-corrected chi connectivity index (χ3v) is 3.62. The zero-order valence-corrected chi connectivity index (χ0v) is 14.6. The van der Waals surface area contributed by atoms with E-state index in [1.807, 2.05) is 6.07 Å². The largest absolute Gasteiger partial charge is 0.484 e. The molecule has 1 aromatic heterocycles. The summed E-state index contributed by atoms with van der Waals surface area (Å²) in [6.45, 7) is 0.939. The lowest BCUT2D eigenvalue weighted by atomic mass is 10.2. The minimum atomic E-state index is -0.263. The molecule has 0 radical (unpaired) electrons. The van der Waals surface area contributed by atoms with E-state index >= 15 is 0 Å². The Morgan fingerprint density at radius 1 is 1.12 bits per heavy atom. The highest BCUT2D eigenvalue weighted by Crippen LogP contribution is 2.15. The fraction of sp³-hybridized carbons (Fsp3) is 0.333.